The quantitative estimate of drug-likeness (QED) is 0.825. The fraction of sp³-hybridized carbons (Fsp3) is 0.526. The Kier molecular flexibility index (Phi) is 5.20. The number of pyridine rings is 1. The highest BCUT2D eigenvalue weighted by molar-refractivity contribution is 5.93. The first-order chi connectivity index (χ1) is 13.1. The van der Waals surface area contributed by atoms with Gasteiger partial charge in [-0.1, -0.05) is 0 Å². The van der Waals surface area contributed by atoms with Crippen LogP contribution in [-0.4, -0.2) is 87.5 Å². The summed E-state index contributed by atoms with van der Waals surface area (Å²) in [6, 6.07) is 5.43. The number of rotatable bonds is 4. The van der Waals surface area contributed by atoms with E-state index in [1.165, 1.54) is 0 Å². The maximum atomic E-state index is 13.0. The first-order valence-corrected chi connectivity index (χ1v) is 9.41. The van der Waals surface area contributed by atoms with Gasteiger partial charge in [0.25, 0.3) is 5.91 Å². The van der Waals surface area contributed by atoms with Gasteiger partial charge in [0.15, 0.2) is 0 Å². The van der Waals surface area contributed by atoms with Crippen molar-refractivity contribution in [3.63, 3.8) is 0 Å². The number of amides is 1. The third-order valence-electron chi connectivity index (χ3n) is 5.15. The number of likely N-dealkylation sites (tertiary alicyclic amines) is 1. The second-order valence-electron chi connectivity index (χ2n) is 7.39. The molecule has 0 bridgehead atoms. The molecule has 2 aromatic rings. The van der Waals surface area contributed by atoms with Crippen LogP contribution in [0.3, 0.4) is 0 Å². The zero-order chi connectivity index (χ0) is 18.7. The van der Waals surface area contributed by atoms with E-state index in [0.29, 0.717) is 31.1 Å². The van der Waals surface area contributed by atoms with Crippen LogP contribution in [0.2, 0.25) is 0 Å². The molecule has 1 atom stereocenters. The lowest BCUT2D eigenvalue weighted by atomic mass is 10.0. The molecule has 0 unspecified atom stereocenters. The summed E-state index contributed by atoms with van der Waals surface area (Å²) in [6.07, 6.45) is 5.70. The number of aromatic amines is 1. The monoisotopic (exact) mass is 371 g/mol. The zero-order valence-electron chi connectivity index (χ0n) is 15.3. The molecule has 2 fully saturated rings. The van der Waals surface area contributed by atoms with E-state index < -0.39 is 5.60 Å². The van der Waals surface area contributed by atoms with E-state index in [0.717, 1.165) is 31.5 Å². The molecule has 2 aliphatic rings. The van der Waals surface area contributed by atoms with Gasteiger partial charge in [-0.25, -0.2) is 0 Å². The van der Waals surface area contributed by atoms with Crippen molar-refractivity contribution in [1.29, 1.82) is 0 Å². The summed E-state index contributed by atoms with van der Waals surface area (Å²) in [6.45, 7) is 3.88. The number of aromatic nitrogens is 3. The number of H-pyrrole nitrogens is 1. The summed E-state index contributed by atoms with van der Waals surface area (Å²) < 4.78 is 5.61. The van der Waals surface area contributed by atoms with Gasteiger partial charge in [0.1, 0.15) is 11.3 Å². The van der Waals surface area contributed by atoms with Crippen LogP contribution in [0.15, 0.2) is 30.6 Å². The number of carbonyl (C=O) groups is 1. The topological polar surface area (TPSA) is 94.6 Å². The Morgan fingerprint density at radius 2 is 2.04 bits per heavy atom. The molecular formula is C19H25N5O3. The Labute approximate surface area is 158 Å². The van der Waals surface area contributed by atoms with E-state index in [9.17, 15) is 9.90 Å². The van der Waals surface area contributed by atoms with Crippen LogP contribution >= 0.6 is 0 Å². The number of nitrogens with one attached hydrogen (secondary N) is 1. The van der Waals surface area contributed by atoms with Crippen molar-refractivity contribution in [2.75, 3.05) is 45.9 Å². The van der Waals surface area contributed by atoms with E-state index >= 15 is 0 Å². The summed E-state index contributed by atoms with van der Waals surface area (Å²) in [4.78, 5) is 20.9. The van der Waals surface area contributed by atoms with E-state index in [1.54, 1.807) is 23.4 Å². The summed E-state index contributed by atoms with van der Waals surface area (Å²) >= 11 is 0. The van der Waals surface area contributed by atoms with E-state index in [1.807, 2.05) is 12.1 Å². The zero-order valence-corrected chi connectivity index (χ0v) is 15.3. The Bertz CT molecular complexity index is 775. The Hall–Kier alpha value is -2.29. The lowest BCUT2D eigenvalue weighted by molar-refractivity contribution is -0.0524. The molecule has 0 aromatic carbocycles. The summed E-state index contributed by atoms with van der Waals surface area (Å²) in [5, 5.41) is 18.1. The van der Waals surface area contributed by atoms with Gasteiger partial charge in [-0.15, -0.1) is 0 Å². The van der Waals surface area contributed by atoms with Crippen LogP contribution in [0.1, 0.15) is 23.3 Å². The van der Waals surface area contributed by atoms with E-state index in [4.69, 9.17) is 4.74 Å². The highest BCUT2D eigenvalue weighted by atomic mass is 16.5. The molecule has 0 aliphatic carbocycles. The number of hydrogen-bond acceptors (Lipinski definition) is 6. The van der Waals surface area contributed by atoms with Gasteiger partial charge >= 0.3 is 0 Å². The molecular weight excluding hydrogens is 346 g/mol. The second-order valence-corrected chi connectivity index (χ2v) is 7.39. The molecule has 27 heavy (non-hydrogen) atoms. The minimum atomic E-state index is -1.05. The molecule has 2 N–H and O–H groups in total. The number of β-amino-alcohol motifs (C(OH)–C–C–N with tert-alkyl or cyclic N) is 1. The van der Waals surface area contributed by atoms with Crippen LogP contribution < -0.4 is 0 Å². The minimum absolute atomic E-state index is 0.173. The number of ether oxygens (including phenoxy) is 1. The van der Waals surface area contributed by atoms with Gasteiger partial charge in [0.05, 0.1) is 25.5 Å². The first kappa shape index (κ1) is 18.1. The molecule has 1 amide bonds. The maximum Gasteiger partial charge on any atom is 0.272 e. The second kappa shape index (κ2) is 7.75. The Balaban J connectivity index is 1.48. The molecule has 4 heterocycles. The molecule has 0 radical (unpaired) electrons. The van der Waals surface area contributed by atoms with Crippen molar-refractivity contribution >= 4 is 5.91 Å². The minimum Gasteiger partial charge on any atom is -0.384 e. The van der Waals surface area contributed by atoms with Gasteiger partial charge in [-0.05, 0) is 44.1 Å². The fourth-order valence-corrected chi connectivity index (χ4v) is 3.82. The number of hydrogen-bond donors (Lipinski definition) is 2. The average Bonchev–Trinajstić information content (AvgIpc) is 3.33. The number of aliphatic hydroxyl groups is 1. The lowest BCUT2D eigenvalue weighted by Gasteiger charge is -2.33. The van der Waals surface area contributed by atoms with E-state index in [-0.39, 0.29) is 19.1 Å². The van der Waals surface area contributed by atoms with Gasteiger partial charge in [-0.3, -0.25) is 14.9 Å². The normalized spacial score (nSPS) is 24.1. The third kappa shape index (κ3) is 4.18. The van der Waals surface area contributed by atoms with Crippen LogP contribution in [0.4, 0.5) is 0 Å². The molecule has 0 saturated carbocycles. The van der Waals surface area contributed by atoms with E-state index in [2.05, 4.69) is 20.1 Å². The Morgan fingerprint density at radius 3 is 2.81 bits per heavy atom. The molecule has 4 rings (SSSR count). The highest BCUT2D eigenvalue weighted by Crippen LogP contribution is 2.21. The molecule has 8 nitrogen and oxygen atoms in total. The van der Waals surface area contributed by atoms with Gasteiger partial charge in [-0.2, -0.15) is 5.10 Å². The standard InChI is InChI=1S/C19H25N5O3/c25-18(17-11-16(21-22-17)15-3-5-20-6-4-15)24-9-10-27-14-19(26,13-24)12-23-7-1-2-8-23/h3-6,11,26H,1-2,7-10,12-14H2,(H,21,22)/t19-/m0/s1. The van der Waals surface area contributed by atoms with Crippen LogP contribution in [-0.2, 0) is 4.74 Å². The Morgan fingerprint density at radius 1 is 1.26 bits per heavy atom. The van der Waals surface area contributed by atoms with Crippen molar-refractivity contribution in [2.24, 2.45) is 0 Å². The number of nitrogens with zero attached hydrogens (tertiary/aromatic N) is 4. The van der Waals surface area contributed by atoms with Crippen molar-refractivity contribution in [3.05, 3.63) is 36.3 Å². The van der Waals surface area contributed by atoms with Gasteiger partial charge in [0, 0.05) is 31.0 Å². The lowest BCUT2D eigenvalue weighted by Crippen LogP contribution is -2.53. The molecule has 2 aromatic heterocycles. The van der Waals surface area contributed by atoms with Crippen LogP contribution in [0.25, 0.3) is 11.3 Å². The average molecular weight is 371 g/mol. The van der Waals surface area contributed by atoms with Gasteiger partial charge < -0.3 is 19.6 Å². The molecule has 144 valence electrons. The van der Waals surface area contributed by atoms with Crippen molar-refractivity contribution in [1.82, 2.24) is 25.0 Å². The first-order valence-electron chi connectivity index (χ1n) is 9.41. The fourth-order valence-electron chi connectivity index (χ4n) is 3.82. The smallest absolute Gasteiger partial charge is 0.272 e. The van der Waals surface area contributed by atoms with Crippen molar-refractivity contribution in [3.8, 4) is 11.3 Å². The largest absolute Gasteiger partial charge is 0.384 e. The van der Waals surface area contributed by atoms with Crippen molar-refractivity contribution in [2.45, 2.75) is 18.4 Å². The number of carbonyl (C=O) groups excluding carboxylic acids is 1. The van der Waals surface area contributed by atoms with Crippen LogP contribution in [0, 0.1) is 0 Å². The molecule has 8 heteroatoms. The maximum absolute atomic E-state index is 13.0. The molecule has 2 saturated heterocycles. The summed E-state index contributed by atoms with van der Waals surface area (Å²) in [5.41, 5.74) is 0.946. The summed E-state index contributed by atoms with van der Waals surface area (Å²) in [7, 11) is 0. The van der Waals surface area contributed by atoms with Crippen LogP contribution in [0.5, 0.6) is 0 Å². The molecule has 2 aliphatic heterocycles. The SMILES string of the molecule is O=C(c1cc(-c2ccncc2)n[nH]1)N1CCOC[C@](O)(CN2CCCC2)C1. The third-order valence-corrected chi connectivity index (χ3v) is 5.15. The predicted molar refractivity (Wildman–Crippen MR) is 99.2 cm³/mol. The highest BCUT2D eigenvalue weighted by Gasteiger charge is 2.37. The van der Waals surface area contributed by atoms with Gasteiger partial charge in [0.2, 0.25) is 0 Å². The summed E-state index contributed by atoms with van der Waals surface area (Å²) in [5.74, 6) is -0.173. The predicted octanol–water partition coefficient (Wildman–Crippen LogP) is 0.771. The van der Waals surface area contributed by atoms with Crippen molar-refractivity contribution < 1.29 is 14.6 Å². The molecule has 0 spiro atoms.